The zero-order chi connectivity index (χ0) is 19.8. The molecule has 0 saturated carbocycles. The summed E-state index contributed by atoms with van der Waals surface area (Å²) in [4.78, 5) is 25.8. The largest absolute Gasteiger partial charge is 0.496 e. The Labute approximate surface area is 165 Å². The van der Waals surface area contributed by atoms with E-state index in [9.17, 15) is 9.59 Å². The number of hydrogen-bond acceptors (Lipinski definition) is 3. The minimum Gasteiger partial charge on any atom is -0.496 e. The monoisotopic (exact) mass is 388 g/mol. The molecular weight excluding hydrogens is 364 g/mol. The Kier molecular flexibility index (Phi) is 7.67. The highest BCUT2D eigenvalue weighted by Crippen LogP contribution is 2.24. The summed E-state index contributed by atoms with van der Waals surface area (Å²) in [5.74, 6) is 0.609. The van der Waals surface area contributed by atoms with Crippen LogP contribution in [0.5, 0.6) is 5.75 Å². The van der Waals surface area contributed by atoms with Gasteiger partial charge < -0.3 is 15.0 Å². The summed E-state index contributed by atoms with van der Waals surface area (Å²) in [7, 11) is 1.63. The first-order chi connectivity index (χ1) is 12.9. The molecule has 0 saturated heterocycles. The number of halogens is 1. The number of amides is 2. The zero-order valence-electron chi connectivity index (χ0n) is 15.9. The standard InChI is InChI=1S/C21H25ClN2O3/c1-15-14-18(22)8-9-19(15)24(16(2)25)13-11-21(26)23-12-10-17-6-4-5-7-20(17)27-3/h4-9,14H,10-13H2,1-3H3,(H,23,26). The van der Waals surface area contributed by atoms with Crippen molar-refractivity contribution in [1.29, 1.82) is 0 Å². The summed E-state index contributed by atoms with van der Waals surface area (Å²) >= 11 is 5.98. The van der Waals surface area contributed by atoms with E-state index in [0.717, 1.165) is 22.6 Å². The van der Waals surface area contributed by atoms with Gasteiger partial charge in [-0.15, -0.1) is 0 Å². The highest BCUT2D eigenvalue weighted by atomic mass is 35.5. The predicted octanol–water partition coefficient (Wildman–Crippen LogP) is 3.76. The lowest BCUT2D eigenvalue weighted by Gasteiger charge is -2.23. The molecule has 27 heavy (non-hydrogen) atoms. The van der Waals surface area contributed by atoms with Crippen molar-refractivity contribution in [2.45, 2.75) is 26.7 Å². The van der Waals surface area contributed by atoms with Crippen molar-refractivity contribution in [3.8, 4) is 5.75 Å². The van der Waals surface area contributed by atoms with Crippen LogP contribution in [0.25, 0.3) is 0 Å². The third-order valence-electron chi connectivity index (χ3n) is 4.30. The molecule has 0 radical (unpaired) electrons. The van der Waals surface area contributed by atoms with Gasteiger partial charge in [-0.25, -0.2) is 0 Å². The number of rotatable bonds is 8. The predicted molar refractivity (Wildman–Crippen MR) is 109 cm³/mol. The fourth-order valence-electron chi connectivity index (χ4n) is 2.92. The van der Waals surface area contributed by atoms with E-state index in [1.807, 2.05) is 31.2 Å². The molecule has 2 amide bonds. The number of ether oxygens (including phenoxy) is 1. The lowest BCUT2D eigenvalue weighted by molar-refractivity contribution is -0.121. The molecule has 2 aromatic rings. The van der Waals surface area contributed by atoms with Gasteiger partial charge in [-0.05, 0) is 48.7 Å². The smallest absolute Gasteiger partial charge is 0.223 e. The number of hydrogen-bond donors (Lipinski definition) is 1. The topological polar surface area (TPSA) is 58.6 Å². The molecule has 0 aromatic heterocycles. The maximum atomic E-state index is 12.2. The van der Waals surface area contributed by atoms with Gasteiger partial charge in [0.15, 0.2) is 0 Å². The molecule has 5 nitrogen and oxygen atoms in total. The fourth-order valence-corrected chi connectivity index (χ4v) is 3.14. The Balaban J connectivity index is 1.88. The maximum absolute atomic E-state index is 12.2. The summed E-state index contributed by atoms with van der Waals surface area (Å²) < 4.78 is 5.31. The lowest BCUT2D eigenvalue weighted by atomic mass is 10.1. The number of methoxy groups -OCH3 is 1. The molecule has 0 unspecified atom stereocenters. The number of benzene rings is 2. The van der Waals surface area contributed by atoms with Gasteiger partial charge in [0.2, 0.25) is 11.8 Å². The SMILES string of the molecule is COc1ccccc1CCNC(=O)CCN(C(C)=O)c1ccc(Cl)cc1C. The van der Waals surface area contributed by atoms with Gasteiger partial charge in [0.25, 0.3) is 0 Å². The van der Waals surface area contributed by atoms with E-state index in [1.165, 1.54) is 6.92 Å². The van der Waals surface area contributed by atoms with E-state index in [4.69, 9.17) is 16.3 Å². The third-order valence-corrected chi connectivity index (χ3v) is 4.54. The van der Waals surface area contributed by atoms with Crippen molar-refractivity contribution in [1.82, 2.24) is 5.32 Å². The van der Waals surface area contributed by atoms with Crippen LogP contribution in [0.4, 0.5) is 5.69 Å². The van der Waals surface area contributed by atoms with Crippen molar-refractivity contribution in [3.05, 3.63) is 58.6 Å². The van der Waals surface area contributed by atoms with Crippen LogP contribution in [0.3, 0.4) is 0 Å². The number of para-hydroxylation sites is 1. The van der Waals surface area contributed by atoms with Crippen LogP contribution in [-0.2, 0) is 16.0 Å². The quantitative estimate of drug-likeness (QED) is 0.749. The average molecular weight is 389 g/mol. The molecule has 0 atom stereocenters. The minimum absolute atomic E-state index is 0.0947. The van der Waals surface area contributed by atoms with Crippen molar-refractivity contribution in [2.24, 2.45) is 0 Å². The molecule has 144 valence electrons. The maximum Gasteiger partial charge on any atom is 0.223 e. The van der Waals surface area contributed by atoms with E-state index in [-0.39, 0.29) is 18.2 Å². The van der Waals surface area contributed by atoms with E-state index in [1.54, 1.807) is 30.2 Å². The van der Waals surface area contributed by atoms with Crippen molar-refractivity contribution < 1.29 is 14.3 Å². The fraction of sp³-hybridized carbons (Fsp3) is 0.333. The van der Waals surface area contributed by atoms with Gasteiger partial charge in [0.1, 0.15) is 5.75 Å². The van der Waals surface area contributed by atoms with E-state index < -0.39 is 0 Å². The summed E-state index contributed by atoms with van der Waals surface area (Å²) in [6.07, 6.45) is 0.913. The van der Waals surface area contributed by atoms with Gasteiger partial charge in [-0.1, -0.05) is 29.8 Å². The molecule has 0 aliphatic rings. The van der Waals surface area contributed by atoms with Gasteiger partial charge in [0, 0.05) is 37.1 Å². The number of anilines is 1. The summed E-state index contributed by atoms with van der Waals surface area (Å²) in [5, 5.41) is 3.52. The summed E-state index contributed by atoms with van der Waals surface area (Å²) in [5.41, 5.74) is 2.71. The van der Waals surface area contributed by atoms with Crippen molar-refractivity contribution >= 4 is 29.1 Å². The van der Waals surface area contributed by atoms with Crippen molar-refractivity contribution in [2.75, 3.05) is 25.1 Å². The first-order valence-electron chi connectivity index (χ1n) is 8.85. The molecule has 6 heteroatoms. The van der Waals surface area contributed by atoms with E-state index >= 15 is 0 Å². The first-order valence-corrected chi connectivity index (χ1v) is 9.23. The molecule has 0 heterocycles. The summed E-state index contributed by atoms with van der Waals surface area (Å²) in [6.45, 7) is 4.22. The molecule has 0 bridgehead atoms. The number of carbonyl (C=O) groups is 2. The van der Waals surface area contributed by atoms with Gasteiger partial charge in [-0.3, -0.25) is 9.59 Å². The van der Waals surface area contributed by atoms with Gasteiger partial charge in [-0.2, -0.15) is 0 Å². The highest BCUT2D eigenvalue weighted by Gasteiger charge is 2.15. The van der Waals surface area contributed by atoms with E-state index in [2.05, 4.69) is 5.32 Å². The van der Waals surface area contributed by atoms with Crippen LogP contribution < -0.4 is 15.0 Å². The molecular formula is C21H25ClN2O3. The Bertz CT molecular complexity index is 808. The Morgan fingerprint density at radius 1 is 1.19 bits per heavy atom. The molecule has 0 spiro atoms. The van der Waals surface area contributed by atoms with Crippen LogP contribution in [-0.4, -0.2) is 32.0 Å². The zero-order valence-corrected chi connectivity index (χ0v) is 16.7. The Morgan fingerprint density at radius 3 is 2.59 bits per heavy atom. The minimum atomic E-state index is -0.109. The van der Waals surface area contributed by atoms with Gasteiger partial charge >= 0.3 is 0 Å². The van der Waals surface area contributed by atoms with Crippen LogP contribution in [0.1, 0.15) is 24.5 Å². The molecule has 1 N–H and O–H groups in total. The van der Waals surface area contributed by atoms with Crippen LogP contribution in [0.15, 0.2) is 42.5 Å². The second-order valence-electron chi connectivity index (χ2n) is 6.26. The number of aryl methyl sites for hydroxylation is 1. The summed E-state index contributed by atoms with van der Waals surface area (Å²) in [6, 6.07) is 13.1. The second kappa shape index (κ2) is 9.97. The number of carbonyl (C=O) groups excluding carboxylic acids is 2. The molecule has 0 aliphatic carbocycles. The molecule has 2 aromatic carbocycles. The lowest BCUT2D eigenvalue weighted by Crippen LogP contribution is -2.34. The van der Waals surface area contributed by atoms with Crippen molar-refractivity contribution in [3.63, 3.8) is 0 Å². The molecule has 0 fully saturated rings. The third kappa shape index (κ3) is 6.00. The molecule has 0 aliphatic heterocycles. The Morgan fingerprint density at radius 2 is 1.93 bits per heavy atom. The van der Waals surface area contributed by atoms with E-state index in [0.29, 0.717) is 24.5 Å². The number of nitrogens with zero attached hydrogens (tertiary/aromatic N) is 1. The molecule has 2 rings (SSSR count). The van der Waals surface area contributed by atoms with Crippen LogP contribution in [0, 0.1) is 6.92 Å². The average Bonchev–Trinajstić information content (AvgIpc) is 2.63. The highest BCUT2D eigenvalue weighted by molar-refractivity contribution is 6.30. The first kappa shape index (κ1) is 20.8. The van der Waals surface area contributed by atoms with Gasteiger partial charge in [0.05, 0.1) is 7.11 Å². The number of nitrogens with one attached hydrogen (secondary N) is 1. The normalized spacial score (nSPS) is 10.4. The van der Waals surface area contributed by atoms with Crippen LogP contribution >= 0.6 is 11.6 Å². The second-order valence-corrected chi connectivity index (χ2v) is 6.70. The van der Waals surface area contributed by atoms with Crippen LogP contribution in [0.2, 0.25) is 5.02 Å². The Hall–Kier alpha value is -2.53.